The van der Waals surface area contributed by atoms with E-state index in [4.69, 9.17) is 0 Å². The molecule has 0 bridgehead atoms. The Bertz CT molecular complexity index is 215. The molecule has 0 aliphatic heterocycles. The molecule has 0 aromatic heterocycles. The number of carbonyl (C=O) groups excluding carboxylic acids is 1. The monoisotopic (exact) mass is 256 g/mol. The predicted octanol–water partition coefficient (Wildman–Crippen LogP) is 2.95. The van der Waals surface area contributed by atoms with Crippen molar-refractivity contribution in [2.45, 2.75) is 66.3 Å². The minimum absolute atomic E-state index is 0.125. The van der Waals surface area contributed by atoms with Gasteiger partial charge >= 0.3 is 0 Å². The summed E-state index contributed by atoms with van der Waals surface area (Å²) >= 11 is 0. The van der Waals surface area contributed by atoms with Gasteiger partial charge in [0, 0.05) is 18.5 Å². The van der Waals surface area contributed by atoms with Gasteiger partial charge in [-0.25, -0.2) is 0 Å². The van der Waals surface area contributed by atoms with Crippen molar-refractivity contribution in [1.82, 2.24) is 10.6 Å². The van der Waals surface area contributed by atoms with Crippen LogP contribution in [0.15, 0.2) is 0 Å². The lowest BCUT2D eigenvalue weighted by molar-refractivity contribution is -0.125. The Balaban J connectivity index is 3.33. The van der Waals surface area contributed by atoms with Crippen LogP contribution in [-0.4, -0.2) is 25.0 Å². The van der Waals surface area contributed by atoms with Crippen LogP contribution in [0.25, 0.3) is 0 Å². The van der Waals surface area contributed by atoms with Crippen LogP contribution in [0.3, 0.4) is 0 Å². The second-order valence-corrected chi connectivity index (χ2v) is 5.85. The van der Waals surface area contributed by atoms with Crippen molar-refractivity contribution in [1.29, 1.82) is 0 Å². The van der Waals surface area contributed by atoms with Gasteiger partial charge in [0.1, 0.15) is 0 Å². The normalized spacial score (nSPS) is 13.1. The molecule has 3 nitrogen and oxygen atoms in total. The molecule has 0 spiro atoms. The van der Waals surface area contributed by atoms with Gasteiger partial charge in [-0.15, -0.1) is 0 Å². The Labute approximate surface area is 113 Å². The van der Waals surface area contributed by atoms with E-state index in [-0.39, 0.29) is 11.8 Å². The quantitative estimate of drug-likeness (QED) is 0.590. The van der Waals surface area contributed by atoms with E-state index in [0.29, 0.717) is 12.0 Å². The van der Waals surface area contributed by atoms with Gasteiger partial charge in [-0.05, 0) is 25.3 Å². The summed E-state index contributed by atoms with van der Waals surface area (Å²) in [5.41, 5.74) is 0. The maximum atomic E-state index is 11.7. The first kappa shape index (κ1) is 17.4. The van der Waals surface area contributed by atoms with Crippen molar-refractivity contribution < 1.29 is 4.79 Å². The fourth-order valence-electron chi connectivity index (χ4n) is 1.67. The fourth-order valence-corrected chi connectivity index (χ4v) is 1.67. The van der Waals surface area contributed by atoms with E-state index in [1.807, 2.05) is 6.92 Å². The molecule has 18 heavy (non-hydrogen) atoms. The zero-order valence-corrected chi connectivity index (χ0v) is 12.9. The lowest BCUT2D eigenvalue weighted by atomic mass is 9.97. The van der Waals surface area contributed by atoms with Crippen molar-refractivity contribution in [2.24, 2.45) is 11.8 Å². The molecule has 0 unspecified atom stereocenters. The van der Waals surface area contributed by atoms with Gasteiger partial charge in [0.05, 0.1) is 0 Å². The Morgan fingerprint density at radius 1 is 0.889 bits per heavy atom. The van der Waals surface area contributed by atoms with E-state index >= 15 is 0 Å². The zero-order chi connectivity index (χ0) is 14.0. The van der Waals surface area contributed by atoms with Crippen LogP contribution in [0.1, 0.15) is 60.3 Å². The predicted molar refractivity (Wildman–Crippen MR) is 78.6 cm³/mol. The molecule has 0 aliphatic rings. The lowest BCUT2D eigenvalue weighted by Gasteiger charge is -2.15. The van der Waals surface area contributed by atoms with E-state index in [0.717, 1.165) is 19.5 Å². The lowest BCUT2D eigenvalue weighted by Crippen LogP contribution is -2.32. The van der Waals surface area contributed by atoms with Crippen LogP contribution in [0.5, 0.6) is 0 Å². The zero-order valence-electron chi connectivity index (χ0n) is 12.9. The highest BCUT2D eigenvalue weighted by Gasteiger charge is 2.15. The molecule has 0 radical (unpaired) electrons. The van der Waals surface area contributed by atoms with E-state index in [1.54, 1.807) is 0 Å². The van der Waals surface area contributed by atoms with Crippen LogP contribution in [0, 0.1) is 11.8 Å². The molecular weight excluding hydrogens is 224 g/mol. The van der Waals surface area contributed by atoms with Gasteiger partial charge < -0.3 is 10.6 Å². The van der Waals surface area contributed by atoms with Crippen molar-refractivity contribution in [3.63, 3.8) is 0 Å². The third kappa shape index (κ3) is 9.46. The number of hydrogen-bond donors (Lipinski definition) is 2. The largest absolute Gasteiger partial charge is 0.356 e. The van der Waals surface area contributed by atoms with Crippen LogP contribution in [0.4, 0.5) is 0 Å². The molecule has 1 amide bonds. The van der Waals surface area contributed by atoms with Gasteiger partial charge in [0.2, 0.25) is 5.91 Å². The summed E-state index contributed by atoms with van der Waals surface area (Å²) in [6.45, 7) is 12.5. The number of rotatable bonds is 10. The maximum absolute atomic E-state index is 11.7. The minimum atomic E-state index is 0.125. The number of amides is 1. The highest BCUT2D eigenvalue weighted by Crippen LogP contribution is 2.09. The van der Waals surface area contributed by atoms with Gasteiger partial charge in [-0.1, -0.05) is 47.5 Å². The highest BCUT2D eigenvalue weighted by molar-refractivity contribution is 5.78. The molecule has 0 aliphatic carbocycles. The molecular formula is C15H32N2O. The Hall–Kier alpha value is -0.570. The molecule has 3 heteroatoms. The summed E-state index contributed by atoms with van der Waals surface area (Å²) in [6, 6.07) is 0.585. The standard InChI is InChI=1S/C15H32N2O/c1-12(2)14(5)15(18)17-11-9-7-6-8-10-16-13(3)4/h12-14,16H,6-11H2,1-5H3,(H,17,18)/t14-/m0/s1. The first-order valence-corrected chi connectivity index (χ1v) is 7.46. The third-order valence-electron chi connectivity index (χ3n) is 3.37. The first-order valence-electron chi connectivity index (χ1n) is 7.46. The number of hydrogen-bond acceptors (Lipinski definition) is 2. The molecule has 108 valence electrons. The Morgan fingerprint density at radius 2 is 1.44 bits per heavy atom. The third-order valence-corrected chi connectivity index (χ3v) is 3.37. The number of unbranched alkanes of at least 4 members (excludes halogenated alkanes) is 3. The molecule has 0 aromatic carbocycles. The van der Waals surface area contributed by atoms with Crippen molar-refractivity contribution >= 4 is 5.91 Å². The SMILES string of the molecule is CC(C)NCCCCCCNC(=O)[C@@H](C)C(C)C. The van der Waals surface area contributed by atoms with Crippen molar-refractivity contribution in [2.75, 3.05) is 13.1 Å². The summed E-state index contributed by atoms with van der Waals surface area (Å²) in [5, 5.41) is 6.43. The highest BCUT2D eigenvalue weighted by atomic mass is 16.1. The minimum Gasteiger partial charge on any atom is -0.356 e. The molecule has 1 atom stereocenters. The van der Waals surface area contributed by atoms with Crippen molar-refractivity contribution in [3.05, 3.63) is 0 Å². The van der Waals surface area contributed by atoms with E-state index in [2.05, 4.69) is 38.3 Å². The second-order valence-electron chi connectivity index (χ2n) is 5.85. The molecule has 0 fully saturated rings. The molecule has 0 rings (SSSR count). The molecule has 0 saturated carbocycles. The van der Waals surface area contributed by atoms with Crippen molar-refractivity contribution in [3.8, 4) is 0 Å². The van der Waals surface area contributed by atoms with E-state index < -0.39 is 0 Å². The summed E-state index contributed by atoms with van der Waals surface area (Å²) in [4.78, 5) is 11.7. The first-order chi connectivity index (χ1) is 8.45. The van der Waals surface area contributed by atoms with Crippen LogP contribution < -0.4 is 10.6 Å². The van der Waals surface area contributed by atoms with Gasteiger partial charge in [-0.2, -0.15) is 0 Å². The van der Waals surface area contributed by atoms with E-state index in [9.17, 15) is 4.79 Å². The molecule has 2 N–H and O–H groups in total. The average Bonchev–Trinajstić information content (AvgIpc) is 2.30. The number of nitrogens with one attached hydrogen (secondary N) is 2. The smallest absolute Gasteiger partial charge is 0.223 e. The molecule has 0 aromatic rings. The molecule has 0 heterocycles. The topological polar surface area (TPSA) is 41.1 Å². The fraction of sp³-hybridized carbons (Fsp3) is 0.933. The summed E-state index contributed by atoms with van der Waals surface area (Å²) in [7, 11) is 0. The summed E-state index contributed by atoms with van der Waals surface area (Å²) in [6.07, 6.45) is 4.78. The van der Waals surface area contributed by atoms with E-state index in [1.165, 1.54) is 19.3 Å². The Kier molecular flexibility index (Phi) is 10.0. The molecule has 0 saturated heterocycles. The van der Waals surface area contributed by atoms with Crippen LogP contribution >= 0.6 is 0 Å². The summed E-state index contributed by atoms with van der Waals surface area (Å²) < 4.78 is 0. The average molecular weight is 256 g/mol. The van der Waals surface area contributed by atoms with Crippen LogP contribution in [-0.2, 0) is 4.79 Å². The maximum Gasteiger partial charge on any atom is 0.223 e. The number of carbonyl (C=O) groups is 1. The van der Waals surface area contributed by atoms with Crippen LogP contribution in [0.2, 0.25) is 0 Å². The second kappa shape index (κ2) is 10.4. The summed E-state index contributed by atoms with van der Waals surface area (Å²) in [5.74, 6) is 0.749. The Morgan fingerprint density at radius 3 is 1.94 bits per heavy atom. The van der Waals surface area contributed by atoms with Gasteiger partial charge in [0.15, 0.2) is 0 Å². The van der Waals surface area contributed by atoms with Gasteiger partial charge in [-0.3, -0.25) is 4.79 Å². The van der Waals surface area contributed by atoms with Gasteiger partial charge in [0.25, 0.3) is 0 Å².